The molecule has 12 heavy (non-hydrogen) atoms. The first-order valence-electron chi connectivity index (χ1n) is 4.02. The highest BCUT2D eigenvalue weighted by atomic mass is 35.5. The molecule has 0 spiro atoms. The van der Waals surface area contributed by atoms with E-state index in [0.717, 1.165) is 16.1 Å². The fourth-order valence-electron chi connectivity index (χ4n) is 1.08. The van der Waals surface area contributed by atoms with E-state index in [4.69, 9.17) is 16.7 Å². The van der Waals surface area contributed by atoms with Crippen LogP contribution in [0.15, 0.2) is 18.2 Å². The van der Waals surface area contributed by atoms with Crippen molar-refractivity contribution in [3.8, 4) is 0 Å². The van der Waals surface area contributed by atoms with Gasteiger partial charge in [-0.1, -0.05) is 30.7 Å². The Balaban J connectivity index is 2.96. The Morgan fingerprint density at radius 2 is 2.17 bits per heavy atom. The number of aliphatic hydroxyl groups excluding tert-OH is 1. The molecular weight excluding hydrogens is 172 g/mol. The molecule has 0 saturated carbocycles. The van der Waals surface area contributed by atoms with Gasteiger partial charge < -0.3 is 5.11 Å². The first kappa shape index (κ1) is 9.56. The Bertz CT molecular complexity index is 271. The average molecular weight is 185 g/mol. The quantitative estimate of drug-likeness (QED) is 0.750. The van der Waals surface area contributed by atoms with E-state index in [1.54, 1.807) is 0 Å². The van der Waals surface area contributed by atoms with Crippen LogP contribution >= 0.6 is 11.6 Å². The Morgan fingerprint density at radius 3 is 2.67 bits per heavy atom. The first-order valence-corrected chi connectivity index (χ1v) is 4.40. The fraction of sp³-hybridized carbons (Fsp3) is 0.400. The molecule has 1 N–H and O–H groups in total. The van der Waals surface area contributed by atoms with Gasteiger partial charge in [0.1, 0.15) is 0 Å². The van der Waals surface area contributed by atoms with Gasteiger partial charge in [0.2, 0.25) is 0 Å². The highest BCUT2D eigenvalue weighted by molar-refractivity contribution is 6.31. The first-order chi connectivity index (χ1) is 5.65. The molecule has 0 heterocycles. The molecule has 1 aromatic rings. The lowest BCUT2D eigenvalue weighted by Crippen LogP contribution is -1.98. The van der Waals surface area contributed by atoms with Crippen molar-refractivity contribution in [2.75, 3.05) is 6.61 Å². The zero-order chi connectivity index (χ0) is 9.14. The number of hydrogen-bond donors (Lipinski definition) is 1. The number of benzene rings is 1. The van der Waals surface area contributed by atoms with E-state index < -0.39 is 0 Å². The third-order valence-electron chi connectivity index (χ3n) is 2.02. The lowest BCUT2D eigenvalue weighted by atomic mass is 10.0. The molecule has 1 unspecified atom stereocenters. The number of aryl methyl sites for hydroxylation is 1. The van der Waals surface area contributed by atoms with E-state index in [2.05, 4.69) is 0 Å². The van der Waals surface area contributed by atoms with Crippen LogP contribution in [0.3, 0.4) is 0 Å². The number of aliphatic hydroxyl groups is 1. The van der Waals surface area contributed by atoms with Crippen LogP contribution in [0.25, 0.3) is 0 Å². The van der Waals surface area contributed by atoms with Crippen LogP contribution in [0.2, 0.25) is 5.02 Å². The van der Waals surface area contributed by atoms with Crippen LogP contribution in [-0.2, 0) is 0 Å². The van der Waals surface area contributed by atoms with Crippen LogP contribution < -0.4 is 0 Å². The zero-order valence-corrected chi connectivity index (χ0v) is 8.10. The van der Waals surface area contributed by atoms with E-state index in [9.17, 15) is 0 Å². The topological polar surface area (TPSA) is 20.2 Å². The molecule has 1 nitrogen and oxygen atoms in total. The van der Waals surface area contributed by atoms with E-state index in [-0.39, 0.29) is 12.5 Å². The molecule has 0 radical (unpaired) electrons. The molecule has 0 aliphatic carbocycles. The minimum absolute atomic E-state index is 0.182. The van der Waals surface area contributed by atoms with Gasteiger partial charge in [-0.15, -0.1) is 0 Å². The smallest absolute Gasteiger partial charge is 0.0497 e. The minimum Gasteiger partial charge on any atom is -0.396 e. The molecule has 0 aliphatic rings. The van der Waals surface area contributed by atoms with Crippen LogP contribution in [-0.4, -0.2) is 11.7 Å². The Hall–Kier alpha value is -0.530. The van der Waals surface area contributed by atoms with Crippen LogP contribution in [0.5, 0.6) is 0 Å². The van der Waals surface area contributed by atoms with Crippen molar-refractivity contribution in [3.63, 3.8) is 0 Å². The molecule has 0 fully saturated rings. The second kappa shape index (κ2) is 3.92. The third kappa shape index (κ3) is 1.99. The monoisotopic (exact) mass is 184 g/mol. The Labute approximate surface area is 78.0 Å². The van der Waals surface area contributed by atoms with Gasteiger partial charge in [-0.3, -0.25) is 0 Å². The van der Waals surface area contributed by atoms with Gasteiger partial charge in [-0.05, 0) is 24.1 Å². The predicted molar refractivity (Wildman–Crippen MR) is 51.7 cm³/mol. The number of rotatable bonds is 2. The molecule has 1 aromatic carbocycles. The second-order valence-corrected chi connectivity index (χ2v) is 3.50. The number of halogens is 1. The van der Waals surface area contributed by atoms with Crippen molar-refractivity contribution < 1.29 is 5.11 Å². The van der Waals surface area contributed by atoms with Gasteiger partial charge in [0.15, 0.2) is 0 Å². The van der Waals surface area contributed by atoms with Crippen LogP contribution in [0.1, 0.15) is 24.0 Å². The largest absolute Gasteiger partial charge is 0.396 e. The Morgan fingerprint density at radius 1 is 1.50 bits per heavy atom. The summed E-state index contributed by atoms with van der Waals surface area (Å²) in [5.74, 6) is 0.195. The van der Waals surface area contributed by atoms with E-state index in [0.29, 0.717) is 0 Å². The van der Waals surface area contributed by atoms with Crippen LogP contribution in [0.4, 0.5) is 0 Å². The van der Waals surface area contributed by atoms with Crippen molar-refractivity contribution in [1.82, 2.24) is 0 Å². The molecular formula is C10H13ClO. The zero-order valence-electron chi connectivity index (χ0n) is 7.34. The SMILES string of the molecule is Cc1cc(C(C)CO)ccc1Cl. The third-order valence-corrected chi connectivity index (χ3v) is 2.45. The van der Waals surface area contributed by atoms with Crippen molar-refractivity contribution in [2.45, 2.75) is 19.8 Å². The maximum absolute atomic E-state index is 8.92. The van der Waals surface area contributed by atoms with Gasteiger partial charge in [0.25, 0.3) is 0 Å². The average Bonchev–Trinajstić information content (AvgIpc) is 2.08. The summed E-state index contributed by atoms with van der Waals surface area (Å²) in [6.45, 7) is 4.14. The van der Waals surface area contributed by atoms with E-state index >= 15 is 0 Å². The summed E-state index contributed by atoms with van der Waals surface area (Å²) in [6, 6.07) is 5.85. The van der Waals surface area contributed by atoms with Crippen molar-refractivity contribution in [2.24, 2.45) is 0 Å². The summed E-state index contributed by atoms with van der Waals surface area (Å²) < 4.78 is 0. The minimum atomic E-state index is 0.182. The molecule has 0 saturated heterocycles. The van der Waals surface area contributed by atoms with Crippen molar-refractivity contribution in [3.05, 3.63) is 34.3 Å². The van der Waals surface area contributed by atoms with Crippen molar-refractivity contribution >= 4 is 11.6 Å². The molecule has 1 rings (SSSR count). The van der Waals surface area contributed by atoms with Gasteiger partial charge in [-0.25, -0.2) is 0 Å². The summed E-state index contributed by atoms with van der Waals surface area (Å²) in [6.07, 6.45) is 0. The fourth-order valence-corrected chi connectivity index (χ4v) is 1.20. The lowest BCUT2D eigenvalue weighted by Gasteiger charge is -2.09. The molecule has 2 heteroatoms. The molecule has 0 bridgehead atoms. The van der Waals surface area contributed by atoms with Gasteiger partial charge in [0.05, 0.1) is 0 Å². The molecule has 66 valence electrons. The summed E-state index contributed by atoms with van der Waals surface area (Å²) in [4.78, 5) is 0. The maximum Gasteiger partial charge on any atom is 0.0497 e. The standard InChI is InChI=1S/C10H13ClO/c1-7-5-9(8(2)6-12)3-4-10(7)11/h3-5,8,12H,6H2,1-2H3. The summed E-state index contributed by atoms with van der Waals surface area (Å²) in [5, 5.41) is 9.70. The molecule has 1 atom stereocenters. The van der Waals surface area contributed by atoms with Crippen molar-refractivity contribution in [1.29, 1.82) is 0 Å². The highest BCUT2D eigenvalue weighted by Crippen LogP contribution is 2.21. The maximum atomic E-state index is 8.92. The number of hydrogen-bond acceptors (Lipinski definition) is 1. The summed E-state index contributed by atoms with van der Waals surface area (Å²) in [7, 11) is 0. The molecule has 0 aromatic heterocycles. The van der Waals surface area contributed by atoms with Gasteiger partial charge >= 0.3 is 0 Å². The molecule has 0 amide bonds. The predicted octanol–water partition coefficient (Wildman–Crippen LogP) is 2.74. The van der Waals surface area contributed by atoms with Crippen LogP contribution in [0, 0.1) is 6.92 Å². The normalized spacial score (nSPS) is 13.0. The van der Waals surface area contributed by atoms with Gasteiger partial charge in [-0.2, -0.15) is 0 Å². The molecule has 0 aliphatic heterocycles. The summed E-state index contributed by atoms with van der Waals surface area (Å²) in [5.41, 5.74) is 2.20. The van der Waals surface area contributed by atoms with E-state index in [1.807, 2.05) is 32.0 Å². The van der Waals surface area contributed by atoms with Gasteiger partial charge in [0, 0.05) is 17.5 Å². The van der Waals surface area contributed by atoms with E-state index in [1.165, 1.54) is 0 Å². The lowest BCUT2D eigenvalue weighted by molar-refractivity contribution is 0.273. The summed E-state index contributed by atoms with van der Waals surface area (Å²) >= 11 is 5.87. The highest BCUT2D eigenvalue weighted by Gasteiger charge is 2.04. The second-order valence-electron chi connectivity index (χ2n) is 3.09. The Kier molecular flexibility index (Phi) is 3.12.